The Hall–Kier alpha value is -1.54. The van der Waals surface area contributed by atoms with Gasteiger partial charge >= 0.3 is 5.97 Å². The van der Waals surface area contributed by atoms with E-state index in [9.17, 15) is 17.6 Å². The Morgan fingerprint density at radius 2 is 2.16 bits per heavy atom. The molecule has 0 amide bonds. The fourth-order valence-electron chi connectivity index (χ4n) is 1.48. The van der Waals surface area contributed by atoms with Gasteiger partial charge in [-0.05, 0) is 24.5 Å². The highest BCUT2D eigenvalue weighted by atomic mass is 32.2. The van der Waals surface area contributed by atoms with Crippen LogP contribution in [-0.4, -0.2) is 30.5 Å². The summed E-state index contributed by atoms with van der Waals surface area (Å²) >= 11 is 0. The molecule has 0 aliphatic rings. The molecule has 0 aliphatic heterocycles. The second-order valence-corrected chi connectivity index (χ2v) is 6.06. The van der Waals surface area contributed by atoms with Gasteiger partial charge in [0.25, 0.3) is 10.0 Å². The lowest BCUT2D eigenvalue weighted by atomic mass is 10.1. The number of halogens is 1. The van der Waals surface area contributed by atoms with Gasteiger partial charge in [0.15, 0.2) is 5.82 Å². The van der Waals surface area contributed by atoms with Crippen LogP contribution in [-0.2, 0) is 14.8 Å². The minimum Gasteiger partial charge on any atom is -0.480 e. The van der Waals surface area contributed by atoms with Crippen LogP contribution in [0.4, 0.5) is 4.39 Å². The van der Waals surface area contributed by atoms with Gasteiger partial charge in [-0.3, -0.25) is 4.79 Å². The van der Waals surface area contributed by atoms with E-state index in [4.69, 9.17) is 5.11 Å². The van der Waals surface area contributed by atoms with Crippen LogP contribution in [0.15, 0.2) is 23.4 Å². The minimum absolute atomic E-state index is 0.0302. The third-order valence-electron chi connectivity index (χ3n) is 2.28. The van der Waals surface area contributed by atoms with Gasteiger partial charge in [0.2, 0.25) is 5.03 Å². The van der Waals surface area contributed by atoms with E-state index >= 15 is 0 Å². The summed E-state index contributed by atoms with van der Waals surface area (Å²) in [5, 5.41) is 8.16. The summed E-state index contributed by atoms with van der Waals surface area (Å²) in [6, 6.07) is 0.878. The predicted octanol–water partition coefficient (Wildman–Crippen LogP) is 0.998. The van der Waals surface area contributed by atoms with Gasteiger partial charge in [-0.25, -0.2) is 17.8 Å². The van der Waals surface area contributed by atoms with Crippen molar-refractivity contribution in [2.75, 3.05) is 0 Å². The third-order valence-corrected chi connectivity index (χ3v) is 3.69. The summed E-state index contributed by atoms with van der Waals surface area (Å²) in [5.41, 5.74) is 0. The Labute approximate surface area is 110 Å². The van der Waals surface area contributed by atoms with Gasteiger partial charge in [-0.2, -0.15) is 4.72 Å². The zero-order chi connectivity index (χ0) is 14.6. The molecule has 0 fully saturated rings. The average molecular weight is 290 g/mol. The zero-order valence-corrected chi connectivity index (χ0v) is 11.3. The molecule has 1 atom stereocenters. The van der Waals surface area contributed by atoms with Crippen molar-refractivity contribution < 1.29 is 22.7 Å². The molecule has 0 aromatic carbocycles. The van der Waals surface area contributed by atoms with Crippen LogP contribution in [0.5, 0.6) is 0 Å². The Bertz CT molecular complexity index is 560. The summed E-state index contributed by atoms with van der Waals surface area (Å²) in [4.78, 5) is 14.4. The molecule has 2 N–H and O–H groups in total. The molecule has 0 saturated heterocycles. The van der Waals surface area contributed by atoms with Crippen molar-refractivity contribution >= 4 is 16.0 Å². The van der Waals surface area contributed by atoms with Crippen molar-refractivity contribution in [2.24, 2.45) is 5.92 Å². The summed E-state index contributed by atoms with van der Waals surface area (Å²) < 4.78 is 39.1. The van der Waals surface area contributed by atoms with Gasteiger partial charge in [0.1, 0.15) is 6.04 Å². The van der Waals surface area contributed by atoms with E-state index in [2.05, 4.69) is 4.98 Å². The van der Waals surface area contributed by atoms with E-state index in [1.54, 1.807) is 13.8 Å². The van der Waals surface area contributed by atoms with Gasteiger partial charge in [0.05, 0.1) is 0 Å². The molecule has 1 aromatic heterocycles. The normalized spacial score (nSPS) is 13.5. The molecule has 1 rings (SSSR count). The highest BCUT2D eigenvalue weighted by Crippen LogP contribution is 2.13. The molecule has 0 aliphatic carbocycles. The Morgan fingerprint density at radius 3 is 2.63 bits per heavy atom. The fraction of sp³-hybridized carbons (Fsp3) is 0.455. The minimum atomic E-state index is -4.30. The number of carboxylic acids is 1. The quantitative estimate of drug-likeness (QED) is 0.814. The first kappa shape index (κ1) is 15.5. The van der Waals surface area contributed by atoms with E-state index in [-0.39, 0.29) is 12.3 Å². The lowest BCUT2D eigenvalue weighted by molar-refractivity contribution is -0.139. The SMILES string of the molecule is CC(C)C[C@H](NS(=O)(=O)c1ncccc1F)C(=O)O. The van der Waals surface area contributed by atoms with E-state index < -0.39 is 32.9 Å². The van der Waals surface area contributed by atoms with Gasteiger partial charge in [0, 0.05) is 6.20 Å². The van der Waals surface area contributed by atoms with E-state index in [1.165, 1.54) is 6.07 Å². The lowest BCUT2D eigenvalue weighted by Crippen LogP contribution is -2.42. The number of rotatable bonds is 6. The molecule has 0 spiro atoms. The molecule has 8 heteroatoms. The maximum atomic E-state index is 13.4. The van der Waals surface area contributed by atoms with Crippen molar-refractivity contribution in [2.45, 2.75) is 31.3 Å². The van der Waals surface area contributed by atoms with Gasteiger partial charge in [-0.1, -0.05) is 13.8 Å². The first-order valence-electron chi connectivity index (χ1n) is 5.59. The topological polar surface area (TPSA) is 96.4 Å². The highest BCUT2D eigenvalue weighted by Gasteiger charge is 2.28. The number of pyridine rings is 1. The van der Waals surface area contributed by atoms with Crippen LogP contribution in [0.2, 0.25) is 0 Å². The zero-order valence-electron chi connectivity index (χ0n) is 10.5. The number of sulfonamides is 1. The highest BCUT2D eigenvalue weighted by molar-refractivity contribution is 7.89. The molecule has 0 radical (unpaired) electrons. The van der Waals surface area contributed by atoms with Crippen molar-refractivity contribution in [3.8, 4) is 0 Å². The molecule has 6 nitrogen and oxygen atoms in total. The van der Waals surface area contributed by atoms with Crippen LogP contribution >= 0.6 is 0 Å². The van der Waals surface area contributed by atoms with E-state index in [1.807, 2.05) is 4.72 Å². The lowest BCUT2D eigenvalue weighted by Gasteiger charge is -2.16. The Kier molecular flexibility index (Phi) is 4.96. The third kappa shape index (κ3) is 4.25. The first-order valence-corrected chi connectivity index (χ1v) is 7.08. The van der Waals surface area contributed by atoms with Crippen LogP contribution in [0.3, 0.4) is 0 Å². The number of hydrogen-bond donors (Lipinski definition) is 2. The van der Waals surface area contributed by atoms with Crippen LogP contribution in [0, 0.1) is 11.7 Å². The summed E-state index contributed by atoms with van der Waals surface area (Å²) in [5.74, 6) is -2.37. The fourth-order valence-corrected chi connectivity index (χ4v) is 2.69. The molecule has 0 saturated carbocycles. The van der Waals surface area contributed by atoms with Crippen molar-refractivity contribution in [3.05, 3.63) is 24.1 Å². The molecular weight excluding hydrogens is 275 g/mol. The van der Waals surface area contributed by atoms with Gasteiger partial charge < -0.3 is 5.11 Å². The molecule has 0 bridgehead atoms. The number of nitrogens with zero attached hydrogens (tertiary/aromatic N) is 1. The summed E-state index contributed by atoms with van der Waals surface area (Å²) in [6.45, 7) is 3.51. The van der Waals surface area contributed by atoms with E-state index in [0.29, 0.717) is 0 Å². The smallest absolute Gasteiger partial charge is 0.321 e. The first-order chi connectivity index (χ1) is 8.74. The molecule has 1 heterocycles. The van der Waals surface area contributed by atoms with Crippen molar-refractivity contribution in [1.29, 1.82) is 0 Å². The van der Waals surface area contributed by atoms with Crippen LogP contribution < -0.4 is 4.72 Å². The van der Waals surface area contributed by atoms with Crippen molar-refractivity contribution in [3.63, 3.8) is 0 Å². The largest absolute Gasteiger partial charge is 0.480 e. The number of nitrogens with one attached hydrogen (secondary N) is 1. The number of aromatic nitrogens is 1. The molecule has 0 unspecified atom stereocenters. The van der Waals surface area contributed by atoms with Crippen molar-refractivity contribution in [1.82, 2.24) is 9.71 Å². The van der Waals surface area contributed by atoms with Crippen LogP contribution in [0.25, 0.3) is 0 Å². The predicted molar refractivity (Wildman–Crippen MR) is 65.4 cm³/mol. The number of carboxylic acid groups (broad SMARTS) is 1. The Balaban J connectivity index is 3.01. The summed E-state index contributed by atoms with van der Waals surface area (Å²) in [7, 11) is -4.30. The molecule has 1 aromatic rings. The second-order valence-electron chi connectivity index (χ2n) is 4.43. The number of carbonyl (C=O) groups is 1. The van der Waals surface area contributed by atoms with E-state index in [0.717, 1.165) is 12.3 Å². The standard InChI is InChI=1S/C11H15FN2O4S/c1-7(2)6-9(11(15)16)14-19(17,18)10-8(12)4-3-5-13-10/h3-5,7,9,14H,6H2,1-2H3,(H,15,16)/t9-/m0/s1. The number of hydrogen-bond acceptors (Lipinski definition) is 4. The molecular formula is C11H15FN2O4S. The molecule has 106 valence electrons. The second kappa shape index (κ2) is 6.07. The average Bonchev–Trinajstić information content (AvgIpc) is 2.27. The monoisotopic (exact) mass is 290 g/mol. The van der Waals surface area contributed by atoms with Gasteiger partial charge in [-0.15, -0.1) is 0 Å². The Morgan fingerprint density at radius 1 is 1.53 bits per heavy atom. The maximum Gasteiger partial charge on any atom is 0.321 e. The van der Waals surface area contributed by atoms with Crippen LogP contribution in [0.1, 0.15) is 20.3 Å². The molecule has 19 heavy (non-hydrogen) atoms. The number of aliphatic carboxylic acids is 1. The summed E-state index contributed by atoms with van der Waals surface area (Å²) in [6.07, 6.45) is 1.22. The maximum absolute atomic E-state index is 13.4.